The first-order valence-corrected chi connectivity index (χ1v) is 6.17. The molecule has 3 heterocycles. The molecular weight excluding hydrogens is 303 g/mol. The van der Waals surface area contributed by atoms with Gasteiger partial charge in [0.05, 0.1) is 24.3 Å². The van der Waals surface area contributed by atoms with Crippen molar-refractivity contribution in [2.75, 3.05) is 0 Å². The zero-order valence-electron chi connectivity index (χ0n) is 10.7. The number of aromatic amines is 1. The molecule has 0 aliphatic heterocycles. The number of aryl methyl sites for hydroxylation is 1. The van der Waals surface area contributed by atoms with Crippen molar-refractivity contribution in [2.45, 2.75) is 6.54 Å². The fraction of sp³-hybridized carbons (Fsp3) is 0.182. The van der Waals surface area contributed by atoms with E-state index in [0.29, 0.717) is 11.0 Å². The van der Waals surface area contributed by atoms with Crippen LogP contribution < -0.4 is 11.2 Å². The van der Waals surface area contributed by atoms with Crippen LogP contribution in [0.5, 0.6) is 0 Å². The summed E-state index contributed by atoms with van der Waals surface area (Å²) in [6.07, 6.45) is 2.32. The quantitative estimate of drug-likeness (QED) is 0.675. The molecule has 0 atom stereocenters. The van der Waals surface area contributed by atoms with Gasteiger partial charge in [0.25, 0.3) is 5.56 Å². The Morgan fingerprint density at radius 3 is 2.90 bits per heavy atom. The predicted octanol–water partition coefficient (Wildman–Crippen LogP) is 0.0541. The molecule has 0 aliphatic carbocycles. The smallest absolute Gasteiger partial charge is 0.290 e. The largest absolute Gasteiger partial charge is 0.328 e. The van der Waals surface area contributed by atoms with Crippen molar-refractivity contribution >= 4 is 22.6 Å². The molecule has 0 saturated carbocycles. The number of halogens is 2. The summed E-state index contributed by atoms with van der Waals surface area (Å²) in [5, 5.41) is 4.76. The van der Waals surface area contributed by atoms with Crippen LogP contribution in [-0.4, -0.2) is 29.3 Å². The highest BCUT2D eigenvalue weighted by molar-refractivity contribution is 6.33. The van der Waals surface area contributed by atoms with Crippen molar-refractivity contribution in [1.29, 1.82) is 0 Å². The molecule has 3 aromatic rings. The van der Waals surface area contributed by atoms with Crippen molar-refractivity contribution in [3.8, 4) is 0 Å². The molecular formula is C11H8ClFN6O2. The van der Waals surface area contributed by atoms with E-state index >= 15 is 0 Å². The Morgan fingerprint density at radius 1 is 1.38 bits per heavy atom. The Balaban J connectivity index is 2.10. The zero-order valence-corrected chi connectivity index (χ0v) is 11.4. The minimum atomic E-state index is -1.07. The number of fused-ring (bicyclic) bond motifs is 1. The predicted molar refractivity (Wildman–Crippen MR) is 71.7 cm³/mol. The van der Waals surface area contributed by atoms with Gasteiger partial charge in [0, 0.05) is 7.05 Å². The molecule has 21 heavy (non-hydrogen) atoms. The number of H-pyrrole nitrogens is 1. The second kappa shape index (κ2) is 4.77. The monoisotopic (exact) mass is 310 g/mol. The summed E-state index contributed by atoms with van der Waals surface area (Å²) >= 11 is 6.01. The molecule has 3 aromatic heterocycles. The molecule has 3 rings (SSSR count). The van der Waals surface area contributed by atoms with Crippen molar-refractivity contribution in [1.82, 2.24) is 29.3 Å². The van der Waals surface area contributed by atoms with Gasteiger partial charge in [0.1, 0.15) is 5.15 Å². The van der Waals surface area contributed by atoms with Crippen LogP contribution in [0.3, 0.4) is 0 Å². The third-order valence-electron chi connectivity index (χ3n) is 2.87. The SMILES string of the molecule is Cn1ncc2c(Cl)nc(Cn3cc(F)c(=O)[nH]c3=O)nc21. The first-order chi connectivity index (χ1) is 9.95. The van der Waals surface area contributed by atoms with Crippen molar-refractivity contribution in [3.63, 3.8) is 0 Å². The van der Waals surface area contributed by atoms with Crippen molar-refractivity contribution in [2.24, 2.45) is 7.05 Å². The molecule has 10 heteroatoms. The van der Waals surface area contributed by atoms with Gasteiger partial charge in [-0.3, -0.25) is 19.0 Å². The first-order valence-electron chi connectivity index (χ1n) is 5.79. The van der Waals surface area contributed by atoms with Gasteiger partial charge in [0.15, 0.2) is 11.5 Å². The van der Waals surface area contributed by atoms with E-state index in [2.05, 4.69) is 15.1 Å². The average molecular weight is 311 g/mol. The minimum Gasteiger partial charge on any atom is -0.290 e. The molecule has 0 spiro atoms. The molecule has 0 amide bonds. The van der Waals surface area contributed by atoms with Gasteiger partial charge < -0.3 is 0 Å². The van der Waals surface area contributed by atoms with Gasteiger partial charge in [-0.15, -0.1) is 0 Å². The Labute approximate surface area is 120 Å². The van der Waals surface area contributed by atoms with E-state index in [1.165, 1.54) is 10.9 Å². The minimum absolute atomic E-state index is 0.132. The van der Waals surface area contributed by atoms with Gasteiger partial charge in [-0.2, -0.15) is 9.49 Å². The molecule has 0 radical (unpaired) electrons. The van der Waals surface area contributed by atoms with E-state index < -0.39 is 17.1 Å². The van der Waals surface area contributed by atoms with Crippen LogP contribution in [0.1, 0.15) is 5.82 Å². The molecule has 0 saturated heterocycles. The molecule has 0 fully saturated rings. The van der Waals surface area contributed by atoms with E-state index in [9.17, 15) is 14.0 Å². The Hall–Kier alpha value is -2.55. The summed E-state index contributed by atoms with van der Waals surface area (Å²) in [7, 11) is 1.68. The van der Waals surface area contributed by atoms with Gasteiger partial charge in [0.2, 0.25) is 5.82 Å². The second-order valence-electron chi connectivity index (χ2n) is 4.30. The van der Waals surface area contributed by atoms with Crippen molar-refractivity contribution < 1.29 is 4.39 Å². The lowest BCUT2D eigenvalue weighted by Gasteiger charge is -2.05. The second-order valence-corrected chi connectivity index (χ2v) is 4.66. The Kier molecular flexibility index (Phi) is 3.05. The van der Waals surface area contributed by atoms with Crippen LogP contribution >= 0.6 is 11.6 Å². The third kappa shape index (κ3) is 2.31. The lowest BCUT2D eigenvalue weighted by atomic mass is 10.4. The summed E-state index contributed by atoms with van der Waals surface area (Å²) in [5.74, 6) is -0.869. The summed E-state index contributed by atoms with van der Waals surface area (Å²) < 4.78 is 15.7. The number of hydrogen-bond acceptors (Lipinski definition) is 5. The molecule has 8 nitrogen and oxygen atoms in total. The summed E-state index contributed by atoms with van der Waals surface area (Å²) in [6, 6.07) is 0. The maximum absolute atomic E-state index is 13.2. The van der Waals surface area contributed by atoms with Crippen LogP contribution in [0.25, 0.3) is 11.0 Å². The van der Waals surface area contributed by atoms with Gasteiger partial charge in [-0.25, -0.2) is 14.8 Å². The highest BCUT2D eigenvalue weighted by Crippen LogP contribution is 2.19. The maximum Gasteiger partial charge on any atom is 0.328 e. The topological polar surface area (TPSA) is 98.5 Å². The van der Waals surface area contributed by atoms with Crippen LogP contribution in [0.15, 0.2) is 22.0 Å². The standard InChI is InChI=1S/C11H8ClFN6O2/c1-18-9-5(2-14-18)8(12)15-7(16-9)4-19-3-6(13)10(20)17-11(19)21/h2-3H,4H2,1H3,(H,17,20,21). The fourth-order valence-electron chi connectivity index (χ4n) is 1.85. The normalized spacial score (nSPS) is 11.2. The third-order valence-corrected chi connectivity index (χ3v) is 3.16. The summed E-state index contributed by atoms with van der Waals surface area (Å²) in [6.45, 7) is -0.132. The van der Waals surface area contributed by atoms with Crippen LogP contribution in [0.2, 0.25) is 5.15 Å². The van der Waals surface area contributed by atoms with Gasteiger partial charge in [-0.05, 0) is 0 Å². The number of nitrogens with one attached hydrogen (secondary N) is 1. The van der Waals surface area contributed by atoms with Crippen LogP contribution in [0.4, 0.5) is 4.39 Å². The average Bonchev–Trinajstić information content (AvgIpc) is 2.78. The van der Waals surface area contributed by atoms with E-state index in [1.54, 1.807) is 7.05 Å². The lowest BCUT2D eigenvalue weighted by Crippen LogP contribution is -2.32. The van der Waals surface area contributed by atoms with E-state index in [4.69, 9.17) is 11.6 Å². The molecule has 0 unspecified atom stereocenters. The van der Waals surface area contributed by atoms with E-state index in [-0.39, 0.29) is 17.5 Å². The zero-order chi connectivity index (χ0) is 15.1. The molecule has 1 N–H and O–H groups in total. The maximum atomic E-state index is 13.2. The summed E-state index contributed by atoms with van der Waals surface area (Å²) in [4.78, 5) is 32.7. The van der Waals surface area contributed by atoms with E-state index in [1.807, 2.05) is 4.98 Å². The molecule has 0 aliphatic rings. The number of hydrogen-bond donors (Lipinski definition) is 1. The van der Waals surface area contributed by atoms with Gasteiger partial charge >= 0.3 is 5.69 Å². The molecule has 0 bridgehead atoms. The molecule has 0 aromatic carbocycles. The van der Waals surface area contributed by atoms with Gasteiger partial charge in [-0.1, -0.05) is 11.6 Å². The highest BCUT2D eigenvalue weighted by atomic mass is 35.5. The van der Waals surface area contributed by atoms with Crippen LogP contribution in [-0.2, 0) is 13.6 Å². The number of nitrogens with zero attached hydrogens (tertiary/aromatic N) is 5. The lowest BCUT2D eigenvalue weighted by molar-refractivity contribution is 0.561. The van der Waals surface area contributed by atoms with Crippen molar-refractivity contribution in [3.05, 3.63) is 50.0 Å². The number of aromatic nitrogens is 6. The molecule has 108 valence electrons. The fourth-order valence-corrected chi connectivity index (χ4v) is 2.08. The summed E-state index contributed by atoms with van der Waals surface area (Å²) in [5.41, 5.74) is -1.34. The van der Waals surface area contributed by atoms with E-state index in [0.717, 1.165) is 10.8 Å². The Morgan fingerprint density at radius 2 is 2.14 bits per heavy atom. The Bertz CT molecular complexity index is 959. The number of rotatable bonds is 2. The first kappa shape index (κ1) is 13.4. The highest BCUT2D eigenvalue weighted by Gasteiger charge is 2.11. The van der Waals surface area contributed by atoms with Crippen LogP contribution in [0, 0.1) is 5.82 Å².